The molecule has 2 rings (SSSR count). The summed E-state index contributed by atoms with van der Waals surface area (Å²) in [6.07, 6.45) is 0.0990. The lowest BCUT2D eigenvalue weighted by molar-refractivity contribution is -0.147. The summed E-state index contributed by atoms with van der Waals surface area (Å²) in [4.78, 5) is 26.6. The van der Waals surface area contributed by atoms with E-state index in [1.54, 1.807) is 19.9 Å². The molecule has 0 saturated carbocycles. The molecule has 2 aromatic rings. The summed E-state index contributed by atoms with van der Waals surface area (Å²) in [5, 5.41) is 3.39. The van der Waals surface area contributed by atoms with Gasteiger partial charge in [-0.3, -0.25) is 9.59 Å². The number of ether oxygens (including phenoxy) is 1. The Morgan fingerprint density at radius 3 is 2.78 bits per heavy atom. The van der Waals surface area contributed by atoms with Crippen molar-refractivity contribution in [3.63, 3.8) is 0 Å². The average Bonchev–Trinajstić information content (AvgIpc) is 2.74. The van der Waals surface area contributed by atoms with Gasteiger partial charge in [-0.25, -0.2) is 4.39 Å². The number of esters is 1. The van der Waals surface area contributed by atoms with Crippen LogP contribution < -0.4 is 5.32 Å². The van der Waals surface area contributed by atoms with Gasteiger partial charge < -0.3 is 15.0 Å². The minimum Gasteiger partial charge on any atom is -0.463 e. The maximum atomic E-state index is 13.4. The molecule has 0 aliphatic carbocycles. The highest BCUT2D eigenvalue weighted by Gasteiger charge is 2.13. The SMILES string of the molecule is Cc1[nH]c2ccc(F)cc2c1CC(=O)NCCC(=O)OC(C)C. The third-order valence-corrected chi connectivity index (χ3v) is 3.44. The molecule has 1 aromatic carbocycles. The highest BCUT2D eigenvalue weighted by atomic mass is 19.1. The molecule has 2 N–H and O–H groups in total. The van der Waals surface area contributed by atoms with Gasteiger partial charge in [0.2, 0.25) is 5.91 Å². The molecule has 0 aliphatic heterocycles. The van der Waals surface area contributed by atoms with E-state index < -0.39 is 0 Å². The number of hydrogen-bond donors (Lipinski definition) is 2. The number of aromatic amines is 1. The molecule has 0 radical (unpaired) electrons. The molecule has 0 unspecified atom stereocenters. The van der Waals surface area contributed by atoms with E-state index in [1.165, 1.54) is 12.1 Å². The lowest BCUT2D eigenvalue weighted by Gasteiger charge is -2.08. The summed E-state index contributed by atoms with van der Waals surface area (Å²) >= 11 is 0. The van der Waals surface area contributed by atoms with E-state index in [1.807, 2.05) is 6.92 Å². The van der Waals surface area contributed by atoms with E-state index in [4.69, 9.17) is 4.74 Å². The highest BCUT2D eigenvalue weighted by molar-refractivity contribution is 5.90. The van der Waals surface area contributed by atoms with Gasteiger partial charge in [-0.05, 0) is 44.5 Å². The van der Waals surface area contributed by atoms with Crippen LogP contribution in [0.2, 0.25) is 0 Å². The number of rotatable bonds is 6. The largest absolute Gasteiger partial charge is 0.463 e. The average molecular weight is 320 g/mol. The Bertz CT molecular complexity index is 722. The summed E-state index contributed by atoms with van der Waals surface area (Å²) in [5.41, 5.74) is 2.40. The van der Waals surface area contributed by atoms with Crippen molar-refractivity contribution in [1.29, 1.82) is 0 Å². The van der Waals surface area contributed by atoms with Gasteiger partial charge in [0.05, 0.1) is 18.9 Å². The molecule has 124 valence electrons. The van der Waals surface area contributed by atoms with Gasteiger partial charge in [-0.2, -0.15) is 0 Å². The van der Waals surface area contributed by atoms with Crippen LogP contribution in [0.3, 0.4) is 0 Å². The van der Waals surface area contributed by atoms with Crippen molar-refractivity contribution in [2.24, 2.45) is 0 Å². The molecule has 0 atom stereocenters. The molecule has 0 bridgehead atoms. The number of benzene rings is 1. The van der Waals surface area contributed by atoms with Crippen molar-refractivity contribution in [3.05, 3.63) is 35.3 Å². The molecule has 0 fully saturated rings. The molecular weight excluding hydrogens is 299 g/mol. The van der Waals surface area contributed by atoms with Gasteiger partial charge in [0, 0.05) is 23.1 Å². The zero-order chi connectivity index (χ0) is 17.0. The first-order valence-electron chi connectivity index (χ1n) is 7.59. The van der Waals surface area contributed by atoms with Crippen molar-refractivity contribution >= 4 is 22.8 Å². The summed E-state index contributed by atoms with van der Waals surface area (Å²) in [6, 6.07) is 4.45. The molecule has 0 aliphatic rings. The lowest BCUT2D eigenvalue weighted by Crippen LogP contribution is -2.28. The molecule has 6 heteroatoms. The molecule has 5 nitrogen and oxygen atoms in total. The first kappa shape index (κ1) is 17.0. The highest BCUT2D eigenvalue weighted by Crippen LogP contribution is 2.23. The van der Waals surface area contributed by atoms with Crippen LogP contribution in [-0.2, 0) is 20.7 Å². The smallest absolute Gasteiger partial charge is 0.307 e. The van der Waals surface area contributed by atoms with Crippen LogP contribution in [0, 0.1) is 12.7 Å². The predicted octanol–water partition coefficient (Wildman–Crippen LogP) is 2.62. The van der Waals surface area contributed by atoms with E-state index in [9.17, 15) is 14.0 Å². The van der Waals surface area contributed by atoms with Gasteiger partial charge in [0.1, 0.15) is 5.82 Å². The summed E-state index contributed by atoms with van der Waals surface area (Å²) in [5.74, 6) is -0.893. The molecule has 1 heterocycles. The van der Waals surface area contributed by atoms with Crippen LogP contribution in [0.4, 0.5) is 4.39 Å². The molecule has 0 saturated heterocycles. The topological polar surface area (TPSA) is 71.2 Å². The number of H-pyrrole nitrogens is 1. The Morgan fingerprint density at radius 1 is 1.35 bits per heavy atom. The quantitative estimate of drug-likeness (QED) is 0.804. The number of aryl methyl sites for hydroxylation is 1. The first-order valence-corrected chi connectivity index (χ1v) is 7.59. The molecule has 1 aromatic heterocycles. The lowest BCUT2D eigenvalue weighted by atomic mass is 10.1. The number of aromatic nitrogens is 1. The number of carbonyl (C=O) groups excluding carboxylic acids is 2. The van der Waals surface area contributed by atoms with Crippen molar-refractivity contribution in [1.82, 2.24) is 10.3 Å². The monoisotopic (exact) mass is 320 g/mol. The number of hydrogen-bond acceptors (Lipinski definition) is 3. The van der Waals surface area contributed by atoms with Crippen LogP contribution in [0.5, 0.6) is 0 Å². The van der Waals surface area contributed by atoms with Gasteiger partial charge >= 0.3 is 5.97 Å². The van der Waals surface area contributed by atoms with E-state index in [0.717, 1.165) is 16.8 Å². The normalized spacial score (nSPS) is 11.0. The van der Waals surface area contributed by atoms with Crippen molar-refractivity contribution in [2.45, 2.75) is 39.7 Å². The Balaban J connectivity index is 1.94. The maximum Gasteiger partial charge on any atom is 0.307 e. The number of halogens is 1. The van der Waals surface area contributed by atoms with E-state index in [0.29, 0.717) is 5.39 Å². The second-order valence-corrected chi connectivity index (χ2v) is 5.73. The summed E-state index contributed by atoms with van der Waals surface area (Å²) < 4.78 is 18.4. The van der Waals surface area contributed by atoms with Gasteiger partial charge in [-0.1, -0.05) is 0 Å². The first-order chi connectivity index (χ1) is 10.9. The van der Waals surface area contributed by atoms with Crippen LogP contribution in [0.25, 0.3) is 10.9 Å². The Morgan fingerprint density at radius 2 is 2.09 bits per heavy atom. The molecular formula is C17H21FN2O3. The van der Waals surface area contributed by atoms with Crippen molar-refractivity contribution in [3.8, 4) is 0 Å². The Kier molecular flexibility index (Phi) is 5.36. The van der Waals surface area contributed by atoms with Crippen LogP contribution >= 0.6 is 0 Å². The van der Waals surface area contributed by atoms with Gasteiger partial charge in [-0.15, -0.1) is 0 Å². The second kappa shape index (κ2) is 7.26. The number of carbonyl (C=O) groups is 2. The Hall–Kier alpha value is -2.37. The number of amides is 1. The summed E-state index contributed by atoms with van der Waals surface area (Å²) in [6.45, 7) is 5.62. The number of fused-ring (bicyclic) bond motifs is 1. The molecule has 23 heavy (non-hydrogen) atoms. The van der Waals surface area contributed by atoms with Crippen molar-refractivity contribution in [2.75, 3.05) is 6.54 Å². The predicted molar refractivity (Wildman–Crippen MR) is 85.6 cm³/mol. The zero-order valence-electron chi connectivity index (χ0n) is 13.5. The van der Waals surface area contributed by atoms with Crippen molar-refractivity contribution < 1.29 is 18.7 Å². The second-order valence-electron chi connectivity index (χ2n) is 5.73. The minimum atomic E-state index is -0.342. The van der Waals surface area contributed by atoms with E-state index in [-0.39, 0.29) is 43.2 Å². The van der Waals surface area contributed by atoms with E-state index in [2.05, 4.69) is 10.3 Å². The fourth-order valence-corrected chi connectivity index (χ4v) is 2.43. The van der Waals surface area contributed by atoms with E-state index >= 15 is 0 Å². The Labute approximate surface area is 134 Å². The third-order valence-electron chi connectivity index (χ3n) is 3.44. The standard InChI is InChI=1S/C17H21FN2O3/c1-10(2)23-17(22)6-7-19-16(21)9-13-11(3)20-15-5-4-12(18)8-14(13)15/h4-5,8,10,20H,6-7,9H2,1-3H3,(H,19,21). The van der Waals surface area contributed by atoms with Crippen LogP contribution in [-0.4, -0.2) is 29.5 Å². The molecule has 1 amide bonds. The fraction of sp³-hybridized carbons (Fsp3) is 0.412. The summed E-state index contributed by atoms with van der Waals surface area (Å²) in [7, 11) is 0. The third kappa shape index (κ3) is 4.55. The van der Waals surface area contributed by atoms with Crippen LogP contribution in [0.1, 0.15) is 31.5 Å². The maximum absolute atomic E-state index is 13.4. The van der Waals surface area contributed by atoms with Gasteiger partial charge in [0.25, 0.3) is 0 Å². The number of nitrogens with one attached hydrogen (secondary N) is 2. The zero-order valence-corrected chi connectivity index (χ0v) is 13.5. The van der Waals surface area contributed by atoms with Crippen LogP contribution in [0.15, 0.2) is 18.2 Å². The fourth-order valence-electron chi connectivity index (χ4n) is 2.43. The minimum absolute atomic E-state index is 0.130. The van der Waals surface area contributed by atoms with Gasteiger partial charge in [0.15, 0.2) is 0 Å². The molecule has 0 spiro atoms.